The molecule has 0 radical (unpaired) electrons. The smallest absolute Gasteiger partial charge is 0.219 e. The van der Waals surface area contributed by atoms with Gasteiger partial charge in [-0.25, -0.2) is 0 Å². The second kappa shape index (κ2) is 7.72. The molecule has 2 fully saturated rings. The minimum atomic E-state index is -0.714. The van der Waals surface area contributed by atoms with Gasteiger partial charge in [-0.15, -0.1) is 0 Å². The van der Waals surface area contributed by atoms with Crippen LogP contribution in [-0.2, 0) is 4.79 Å². The normalized spacial score (nSPS) is 24.1. The highest BCUT2D eigenvalue weighted by molar-refractivity contribution is 5.73. The highest BCUT2D eigenvalue weighted by Crippen LogP contribution is 2.29. The number of carbonyl (C=O) groups is 1. The third-order valence-corrected chi connectivity index (χ3v) is 5.49. The lowest BCUT2D eigenvalue weighted by Crippen LogP contribution is -2.55. The van der Waals surface area contributed by atoms with E-state index in [1.165, 1.54) is 5.56 Å². The van der Waals surface area contributed by atoms with Gasteiger partial charge in [-0.05, 0) is 30.5 Å². The van der Waals surface area contributed by atoms with Gasteiger partial charge in [0.05, 0.1) is 12.7 Å². The van der Waals surface area contributed by atoms with E-state index in [2.05, 4.69) is 22.3 Å². The zero-order chi connectivity index (χ0) is 17.9. The molecule has 1 unspecified atom stereocenters. The summed E-state index contributed by atoms with van der Waals surface area (Å²) in [6.07, 6.45) is 1.29. The lowest BCUT2D eigenvalue weighted by atomic mass is 9.89. The molecule has 1 aromatic rings. The number of methoxy groups -OCH3 is 1. The lowest BCUT2D eigenvalue weighted by Gasteiger charge is -2.44. The standard InChI is InChI=1S/C19H29N3O3/c1-15(23)21-10-7-19(24,8-11-21)14-22-12-9-20-13-18(22)16-3-5-17(25-2)6-4-16/h3-6,18,20,24H,7-14H2,1-2H3. The highest BCUT2D eigenvalue weighted by Gasteiger charge is 2.37. The van der Waals surface area contributed by atoms with Crippen LogP contribution in [0.3, 0.4) is 0 Å². The van der Waals surface area contributed by atoms with Crippen LogP contribution < -0.4 is 10.1 Å². The number of likely N-dealkylation sites (tertiary alicyclic amines) is 1. The van der Waals surface area contributed by atoms with Crippen LogP contribution in [0.5, 0.6) is 5.75 Å². The SMILES string of the molecule is COc1ccc(C2CNCCN2CC2(O)CCN(C(C)=O)CC2)cc1. The summed E-state index contributed by atoms with van der Waals surface area (Å²) in [5.41, 5.74) is 0.520. The first-order valence-electron chi connectivity index (χ1n) is 9.07. The van der Waals surface area contributed by atoms with E-state index in [1.54, 1.807) is 14.0 Å². The summed E-state index contributed by atoms with van der Waals surface area (Å²) in [4.78, 5) is 15.7. The Labute approximate surface area is 149 Å². The molecule has 138 valence electrons. The Morgan fingerprint density at radius 3 is 2.56 bits per heavy atom. The summed E-state index contributed by atoms with van der Waals surface area (Å²) in [5, 5.41) is 14.5. The van der Waals surface area contributed by atoms with E-state index in [1.807, 2.05) is 17.0 Å². The molecular formula is C19H29N3O3. The van der Waals surface area contributed by atoms with Gasteiger partial charge in [0.2, 0.25) is 5.91 Å². The zero-order valence-corrected chi connectivity index (χ0v) is 15.2. The maximum absolute atomic E-state index is 11.5. The minimum absolute atomic E-state index is 0.0975. The van der Waals surface area contributed by atoms with Crippen LogP contribution in [-0.4, -0.2) is 72.8 Å². The number of rotatable bonds is 4. The first-order chi connectivity index (χ1) is 12.0. The van der Waals surface area contributed by atoms with Crippen molar-refractivity contribution in [2.24, 2.45) is 0 Å². The lowest BCUT2D eigenvalue weighted by molar-refractivity contribution is -0.134. The Balaban J connectivity index is 1.67. The summed E-state index contributed by atoms with van der Waals surface area (Å²) in [6, 6.07) is 8.43. The van der Waals surface area contributed by atoms with E-state index in [0.29, 0.717) is 32.5 Å². The largest absolute Gasteiger partial charge is 0.497 e. The summed E-state index contributed by atoms with van der Waals surface area (Å²) in [5.74, 6) is 0.953. The number of nitrogens with zero attached hydrogens (tertiary/aromatic N) is 2. The maximum atomic E-state index is 11.5. The topological polar surface area (TPSA) is 65.0 Å². The average molecular weight is 347 g/mol. The van der Waals surface area contributed by atoms with Crippen molar-refractivity contribution in [3.8, 4) is 5.75 Å². The first-order valence-corrected chi connectivity index (χ1v) is 9.07. The number of aliphatic hydroxyl groups is 1. The molecule has 1 atom stereocenters. The van der Waals surface area contributed by atoms with Crippen LogP contribution in [0.4, 0.5) is 0 Å². The van der Waals surface area contributed by atoms with Crippen LogP contribution in [0.2, 0.25) is 0 Å². The zero-order valence-electron chi connectivity index (χ0n) is 15.2. The van der Waals surface area contributed by atoms with E-state index in [4.69, 9.17) is 4.74 Å². The second-order valence-corrected chi connectivity index (χ2v) is 7.19. The van der Waals surface area contributed by atoms with Gasteiger partial charge in [0.15, 0.2) is 0 Å². The summed E-state index contributed by atoms with van der Waals surface area (Å²) < 4.78 is 5.25. The molecule has 0 bridgehead atoms. The van der Waals surface area contributed by atoms with Gasteiger partial charge in [-0.1, -0.05) is 12.1 Å². The third kappa shape index (κ3) is 4.32. The van der Waals surface area contributed by atoms with Crippen LogP contribution in [0.1, 0.15) is 31.4 Å². The van der Waals surface area contributed by atoms with Gasteiger partial charge in [-0.3, -0.25) is 9.69 Å². The summed E-state index contributed by atoms with van der Waals surface area (Å²) in [7, 11) is 1.67. The van der Waals surface area contributed by atoms with Crippen molar-refractivity contribution in [1.29, 1.82) is 0 Å². The molecule has 25 heavy (non-hydrogen) atoms. The van der Waals surface area contributed by atoms with Crippen LogP contribution in [0.25, 0.3) is 0 Å². The van der Waals surface area contributed by atoms with E-state index in [-0.39, 0.29) is 11.9 Å². The number of piperazine rings is 1. The Hall–Kier alpha value is -1.63. The molecule has 2 heterocycles. The number of piperidine rings is 1. The number of ether oxygens (including phenoxy) is 1. The third-order valence-electron chi connectivity index (χ3n) is 5.49. The van der Waals surface area contributed by atoms with Crippen LogP contribution in [0, 0.1) is 0 Å². The van der Waals surface area contributed by atoms with Crippen LogP contribution in [0.15, 0.2) is 24.3 Å². The number of nitrogens with one attached hydrogen (secondary N) is 1. The predicted molar refractivity (Wildman–Crippen MR) is 96.6 cm³/mol. The summed E-state index contributed by atoms with van der Waals surface area (Å²) in [6.45, 7) is 6.26. The van der Waals surface area contributed by atoms with E-state index < -0.39 is 5.60 Å². The quantitative estimate of drug-likeness (QED) is 0.851. The number of hydrogen-bond acceptors (Lipinski definition) is 5. The van der Waals surface area contributed by atoms with Gasteiger partial charge in [0, 0.05) is 52.2 Å². The molecule has 0 aromatic heterocycles. The number of carbonyl (C=O) groups excluding carboxylic acids is 1. The Morgan fingerprint density at radius 2 is 1.96 bits per heavy atom. The molecule has 2 N–H and O–H groups in total. The molecule has 0 saturated carbocycles. The summed E-state index contributed by atoms with van der Waals surface area (Å²) >= 11 is 0. The number of hydrogen-bond donors (Lipinski definition) is 2. The molecular weight excluding hydrogens is 318 g/mol. The fraction of sp³-hybridized carbons (Fsp3) is 0.632. The van der Waals surface area contributed by atoms with E-state index >= 15 is 0 Å². The van der Waals surface area contributed by atoms with Gasteiger partial charge in [0.1, 0.15) is 5.75 Å². The number of benzene rings is 1. The molecule has 0 spiro atoms. The van der Waals surface area contributed by atoms with Crippen LogP contribution >= 0.6 is 0 Å². The Bertz CT molecular complexity index is 582. The molecule has 0 aliphatic carbocycles. The van der Waals surface area contributed by atoms with Gasteiger partial charge in [0.25, 0.3) is 0 Å². The van der Waals surface area contributed by atoms with E-state index in [0.717, 1.165) is 25.4 Å². The fourth-order valence-corrected chi connectivity index (χ4v) is 3.86. The van der Waals surface area contributed by atoms with Crippen molar-refractivity contribution in [3.63, 3.8) is 0 Å². The van der Waals surface area contributed by atoms with Gasteiger partial charge in [-0.2, -0.15) is 0 Å². The highest BCUT2D eigenvalue weighted by atomic mass is 16.5. The molecule has 2 saturated heterocycles. The number of amides is 1. The van der Waals surface area contributed by atoms with E-state index in [9.17, 15) is 9.90 Å². The second-order valence-electron chi connectivity index (χ2n) is 7.19. The molecule has 3 rings (SSSR count). The average Bonchev–Trinajstić information content (AvgIpc) is 2.62. The Morgan fingerprint density at radius 1 is 1.28 bits per heavy atom. The van der Waals surface area contributed by atoms with Crippen molar-refractivity contribution in [1.82, 2.24) is 15.1 Å². The molecule has 2 aliphatic heterocycles. The number of β-amino-alcohol motifs (C(OH)–C–C–N with tert-alkyl or cyclic N) is 1. The first kappa shape index (κ1) is 18.2. The van der Waals surface area contributed by atoms with Crippen molar-refractivity contribution in [2.45, 2.75) is 31.4 Å². The van der Waals surface area contributed by atoms with Crippen molar-refractivity contribution >= 4 is 5.91 Å². The fourth-order valence-electron chi connectivity index (χ4n) is 3.86. The molecule has 1 amide bonds. The molecule has 2 aliphatic rings. The predicted octanol–water partition coefficient (Wildman–Crippen LogP) is 1.01. The van der Waals surface area contributed by atoms with Gasteiger partial charge < -0.3 is 20.1 Å². The van der Waals surface area contributed by atoms with Crippen molar-refractivity contribution in [3.05, 3.63) is 29.8 Å². The van der Waals surface area contributed by atoms with Crippen molar-refractivity contribution in [2.75, 3.05) is 46.4 Å². The Kier molecular flexibility index (Phi) is 5.61. The molecule has 6 nitrogen and oxygen atoms in total. The maximum Gasteiger partial charge on any atom is 0.219 e. The molecule has 1 aromatic carbocycles. The molecule has 6 heteroatoms. The van der Waals surface area contributed by atoms with Gasteiger partial charge >= 0.3 is 0 Å². The van der Waals surface area contributed by atoms with Crippen molar-refractivity contribution < 1.29 is 14.6 Å². The monoisotopic (exact) mass is 347 g/mol. The minimum Gasteiger partial charge on any atom is -0.497 e.